The summed E-state index contributed by atoms with van der Waals surface area (Å²) in [7, 11) is 0. The Balaban J connectivity index is 1.43. The molecule has 0 aliphatic carbocycles. The van der Waals surface area contributed by atoms with E-state index < -0.39 is 23.2 Å². The first-order valence-electron chi connectivity index (χ1n) is 11.6. The molecule has 3 heterocycles. The number of aromatic nitrogens is 1. The minimum absolute atomic E-state index is 0.00415. The molecular weight excluding hydrogens is 504 g/mol. The van der Waals surface area contributed by atoms with Gasteiger partial charge in [0.1, 0.15) is 5.58 Å². The van der Waals surface area contributed by atoms with Crippen molar-refractivity contribution in [3.63, 3.8) is 0 Å². The molecule has 0 bridgehead atoms. The van der Waals surface area contributed by atoms with Crippen LogP contribution in [0.25, 0.3) is 22.3 Å². The first kappa shape index (κ1) is 23.5. The van der Waals surface area contributed by atoms with E-state index in [9.17, 15) is 19.2 Å². The van der Waals surface area contributed by atoms with E-state index in [0.29, 0.717) is 11.1 Å². The van der Waals surface area contributed by atoms with Gasteiger partial charge in [0.05, 0.1) is 22.1 Å². The molecule has 0 saturated carbocycles. The molecule has 38 heavy (non-hydrogen) atoms. The van der Waals surface area contributed by atoms with Gasteiger partial charge in [-0.2, -0.15) is 0 Å². The smallest absolute Gasteiger partial charge is 0.343 e. The molecule has 8 nitrogen and oxygen atoms in total. The second kappa shape index (κ2) is 8.89. The number of carbonyl (C=O) groups excluding carboxylic acids is 3. The second-order valence-electron chi connectivity index (χ2n) is 8.80. The van der Waals surface area contributed by atoms with E-state index in [2.05, 4.69) is 4.98 Å². The Kier molecular flexibility index (Phi) is 5.50. The fourth-order valence-electron chi connectivity index (χ4n) is 4.33. The standard InChI is InChI=1S/C29H18N2O6S/c1-15-12-21-22(13-16(15)2)36-24(17-6-4-3-5-7-17)25(23(21)32)37-28(35)18-8-9-19-20(14-18)27(34)31(26(19)33)29-30-10-11-38-29/h3-14H,1-2H3. The minimum Gasteiger partial charge on any atom is -0.452 e. The maximum atomic E-state index is 13.6. The second-order valence-corrected chi connectivity index (χ2v) is 9.67. The molecule has 186 valence electrons. The summed E-state index contributed by atoms with van der Waals surface area (Å²) in [6, 6.07) is 16.4. The van der Waals surface area contributed by atoms with Crippen LogP contribution in [0.1, 0.15) is 42.2 Å². The highest BCUT2D eigenvalue weighted by molar-refractivity contribution is 7.14. The molecule has 6 rings (SSSR count). The Hall–Kier alpha value is -4.89. The van der Waals surface area contributed by atoms with Gasteiger partial charge in [-0.05, 0) is 55.3 Å². The summed E-state index contributed by atoms with van der Waals surface area (Å²) in [5.41, 5.74) is 2.49. The molecule has 0 N–H and O–H groups in total. The van der Waals surface area contributed by atoms with E-state index in [1.165, 1.54) is 24.4 Å². The summed E-state index contributed by atoms with van der Waals surface area (Å²) in [4.78, 5) is 57.7. The molecule has 2 aromatic heterocycles. The third-order valence-corrected chi connectivity index (χ3v) is 7.19. The molecule has 1 aliphatic heterocycles. The number of nitrogens with zero attached hydrogens (tertiary/aromatic N) is 2. The largest absolute Gasteiger partial charge is 0.452 e. The number of esters is 1. The lowest BCUT2D eigenvalue weighted by atomic mass is 10.0. The van der Waals surface area contributed by atoms with Gasteiger partial charge in [0.15, 0.2) is 10.9 Å². The van der Waals surface area contributed by atoms with E-state index >= 15 is 0 Å². The predicted octanol–water partition coefficient (Wildman–Crippen LogP) is 5.55. The van der Waals surface area contributed by atoms with Crippen molar-refractivity contribution >= 4 is 45.2 Å². The number of rotatable bonds is 4. The maximum Gasteiger partial charge on any atom is 0.343 e. The zero-order chi connectivity index (χ0) is 26.6. The summed E-state index contributed by atoms with van der Waals surface area (Å²) in [6.45, 7) is 3.79. The van der Waals surface area contributed by atoms with Crippen LogP contribution in [0.2, 0.25) is 0 Å². The molecule has 0 saturated heterocycles. The van der Waals surface area contributed by atoms with Crippen molar-refractivity contribution in [1.29, 1.82) is 0 Å². The van der Waals surface area contributed by atoms with Crippen molar-refractivity contribution in [2.45, 2.75) is 13.8 Å². The number of benzene rings is 3. The molecule has 2 amide bonds. The van der Waals surface area contributed by atoms with Crippen molar-refractivity contribution in [2.24, 2.45) is 0 Å². The number of ether oxygens (including phenoxy) is 1. The SMILES string of the molecule is Cc1cc2oc(-c3ccccc3)c(OC(=O)c3ccc4c(c3)C(=O)N(c3nccs3)C4=O)c(=O)c2cc1C. The highest BCUT2D eigenvalue weighted by Crippen LogP contribution is 2.33. The van der Waals surface area contributed by atoms with Crippen LogP contribution in [0.3, 0.4) is 0 Å². The van der Waals surface area contributed by atoms with E-state index in [4.69, 9.17) is 9.15 Å². The summed E-state index contributed by atoms with van der Waals surface area (Å²) in [6.07, 6.45) is 1.49. The van der Waals surface area contributed by atoms with Crippen molar-refractivity contribution < 1.29 is 23.5 Å². The summed E-state index contributed by atoms with van der Waals surface area (Å²) >= 11 is 1.15. The van der Waals surface area contributed by atoms with Crippen LogP contribution in [0, 0.1) is 13.8 Å². The number of hydrogen-bond donors (Lipinski definition) is 0. The molecule has 3 aromatic carbocycles. The fourth-order valence-corrected chi connectivity index (χ4v) is 4.96. The van der Waals surface area contributed by atoms with Crippen molar-refractivity contribution in [1.82, 2.24) is 4.98 Å². The van der Waals surface area contributed by atoms with Gasteiger partial charge in [-0.15, -0.1) is 11.3 Å². The number of amides is 2. The Bertz CT molecular complexity index is 1840. The molecule has 0 radical (unpaired) electrons. The van der Waals surface area contributed by atoms with Crippen LogP contribution in [-0.2, 0) is 0 Å². The number of carbonyl (C=O) groups is 3. The Morgan fingerprint density at radius 2 is 1.66 bits per heavy atom. The molecular formula is C29H18N2O6S. The molecule has 5 aromatic rings. The lowest BCUT2D eigenvalue weighted by Crippen LogP contribution is -2.29. The van der Waals surface area contributed by atoms with Gasteiger partial charge in [-0.1, -0.05) is 30.3 Å². The third-order valence-electron chi connectivity index (χ3n) is 6.43. The lowest BCUT2D eigenvalue weighted by Gasteiger charge is -2.12. The molecule has 9 heteroatoms. The number of hydrogen-bond acceptors (Lipinski definition) is 8. The predicted molar refractivity (Wildman–Crippen MR) is 142 cm³/mol. The highest BCUT2D eigenvalue weighted by Gasteiger charge is 2.38. The lowest BCUT2D eigenvalue weighted by molar-refractivity contribution is 0.0730. The molecule has 1 aliphatic rings. The van der Waals surface area contributed by atoms with Crippen LogP contribution < -0.4 is 15.1 Å². The minimum atomic E-state index is -0.867. The van der Waals surface area contributed by atoms with Gasteiger partial charge in [-0.3, -0.25) is 14.4 Å². The summed E-state index contributed by atoms with van der Waals surface area (Å²) in [5, 5.41) is 2.18. The fraction of sp³-hybridized carbons (Fsp3) is 0.0690. The first-order valence-corrected chi connectivity index (χ1v) is 12.5. The van der Waals surface area contributed by atoms with Crippen LogP contribution in [0.15, 0.2) is 81.5 Å². The van der Waals surface area contributed by atoms with Crippen molar-refractivity contribution in [3.05, 3.63) is 110 Å². The van der Waals surface area contributed by atoms with Gasteiger partial charge in [0.25, 0.3) is 11.8 Å². The van der Waals surface area contributed by atoms with Gasteiger partial charge < -0.3 is 9.15 Å². The Labute approximate surface area is 219 Å². The Morgan fingerprint density at radius 1 is 0.921 bits per heavy atom. The van der Waals surface area contributed by atoms with Crippen molar-refractivity contribution in [2.75, 3.05) is 4.90 Å². The maximum absolute atomic E-state index is 13.6. The number of anilines is 1. The normalized spacial score (nSPS) is 12.7. The average Bonchev–Trinajstić information content (AvgIpc) is 3.53. The number of fused-ring (bicyclic) bond motifs is 2. The van der Waals surface area contributed by atoms with Gasteiger partial charge >= 0.3 is 5.97 Å². The van der Waals surface area contributed by atoms with E-state index in [1.54, 1.807) is 41.8 Å². The van der Waals surface area contributed by atoms with Gasteiger partial charge in [0, 0.05) is 17.1 Å². The van der Waals surface area contributed by atoms with Crippen LogP contribution in [0.5, 0.6) is 5.75 Å². The topological polar surface area (TPSA) is 107 Å². The highest BCUT2D eigenvalue weighted by atomic mass is 32.1. The van der Waals surface area contributed by atoms with Gasteiger partial charge in [-0.25, -0.2) is 14.7 Å². The van der Waals surface area contributed by atoms with E-state index in [1.807, 2.05) is 19.9 Å². The zero-order valence-corrected chi connectivity index (χ0v) is 21.0. The third kappa shape index (κ3) is 3.72. The van der Waals surface area contributed by atoms with E-state index in [-0.39, 0.29) is 38.7 Å². The molecule has 0 unspecified atom stereocenters. The number of imide groups is 1. The number of aryl methyl sites for hydroxylation is 2. The van der Waals surface area contributed by atoms with Gasteiger partial charge in [0.2, 0.25) is 11.2 Å². The van der Waals surface area contributed by atoms with Crippen molar-refractivity contribution in [3.8, 4) is 17.1 Å². The molecule has 0 atom stereocenters. The average molecular weight is 523 g/mol. The van der Waals surface area contributed by atoms with Crippen LogP contribution in [0.4, 0.5) is 5.13 Å². The van der Waals surface area contributed by atoms with Crippen LogP contribution in [-0.4, -0.2) is 22.8 Å². The first-order chi connectivity index (χ1) is 18.3. The van der Waals surface area contributed by atoms with Crippen LogP contribution >= 0.6 is 11.3 Å². The quantitative estimate of drug-likeness (QED) is 0.225. The zero-order valence-electron chi connectivity index (χ0n) is 20.2. The summed E-state index contributed by atoms with van der Waals surface area (Å²) in [5.74, 6) is -2.12. The monoisotopic (exact) mass is 522 g/mol. The summed E-state index contributed by atoms with van der Waals surface area (Å²) < 4.78 is 11.8. The Morgan fingerprint density at radius 3 is 2.39 bits per heavy atom. The molecule has 0 spiro atoms. The number of thiazole rings is 1. The van der Waals surface area contributed by atoms with E-state index in [0.717, 1.165) is 27.4 Å². The molecule has 0 fully saturated rings.